The molecule has 3 nitrogen and oxygen atoms in total. The number of fused-ring (bicyclic) bond motifs is 1. The van der Waals surface area contributed by atoms with Crippen LogP contribution in [-0.4, -0.2) is 11.1 Å². The van der Waals surface area contributed by atoms with Gasteiger partial charge in [-0.2, -0.15) is 0 Å². The summed E-state index contributed by atoms with van der Waals surface area (Å²) in [6.07, 6.45) is 2.92. The molecule has 148 valence electrons. The zero-order valence-corrected chi connectivity index (χ0v) is 16.6. The molecule has 29 heavy (non-hydrogen) atoms. The largest absolute Gasteiger partial charge is 0.488 e. The first-order chi connectivity index (χ1) is 14.2. The van der Waals surface area contributed by atoms with Crippen LogP contribution in [0.2, 0.25) is 0 Å². The third kappa shape index (κ3) is 4.66. The van der Waals surface area contributed by atoms with Crippen LogP contribution in [0.25, 0.3) is 10.9 Å². The van der Waals surface area contributed by atoms with Crippen LogP contribution in [0.4, 0.5) is 4.39 Å². The third-order valence-corrected chi connectivity index (χ3v) is 5.08. The molecule has 1 N–H and O–H groups in total. The van der Waals surface area contributed by atoms with Gasteiger partial charge in [0.05, 0.1) is 5.52 Å². The topological polar surface area (TPSA) is 26.2 Å². The molecule has 0 aliphatic rings. The van der Waals surface area contributed by atoms with Crippen molar-refractivity contribution in [3.63, 3.8) is 0 Å². The Morgan fingerprint density at radius 2 is 1.62 bits per heavy atom. The van der Waals surface area contributed by atoms with E-state index in [-0.39, 0.29) is 5.82 Å². The first-order valence-corrected chi connectivity index (χ1v) is 9.89. The molecule has 0 bridgehead atoms. The summed E-state index contributed by atoms with van der Waals surface area (Å²) in [6.45, 7) is 2.08. The van der Waals surface area contributed by atoms with Crippen molar-refractivity contribution in [2.24, 2.45) is 7.05 Å². The van der Waals surface area contributed by atoms with E-state index < -0.39 is 0 Å². The second-order valence-electron chi connectivity index (χ2n) is 7.25. The van der Waals surface area contributed by atoms with Crippen molar-refractivity contribution in [2.45, 2.75) is 19.6 Å². The number of aromatic nitrogens is 1. The summed E-state index contributed by atoms with van der Waals surface area (Å²) in [7, 11) is 1.95. The second kappa shape index (κ2) is 8.93. The molecule has 1 aromatic heterocycles. The lowest BCUT2D eigenvalue weighted by molar-refractivity contribution is 0.308. The van der Waals surface area contributed by atoms with Crippen molar-refractivity contribution >= 4 is 10.9 Å². The van der Waals surface area contributed by atoms with Crippen molar-refractivity contribution in [1.29, 1.82) is 0 Å². The van der Waals surface area contributed by atoms with Crippen molar-refractivity contribution in [2.75, 3.05) is 6.54 Å². The zero-order chi connectivity index (χ0) is 20.1. The Bertz CT molecular complexity index is 1070. The number of hydrogen-bond donors (Lipinski definition) is 1. The van der Waals surface area contributed by atoms with Crippen LogP contribution in [0.15, 0.2) is 79.0 Å². The lowest BCUT2D eigenvalue weighted by Gasteiger charge is -2.10. The summed E-state index contributed by atoms with van der Waals surface area (Å²) in [4.78, 5) is 0. The van der Waals surface area contributed by atoms with E-state index in [2.05, 4.69) is 23.6 Å². The van der Waals surface area contributed by atoms with E-state index in [1.807, 2.05) is 60.1 Å². The smallest absolute Gasteiger partial charge is 0.132 e. The van der Waals surface area contributed by atoms with Crippen LogP contribution in [0.3, 0.4) is 0 Å². The van der Waals surface area contributed by atoms with Crippen molar-refractivity contribution in [1.82, 2.24) is 9.88 Å². The zero-order valence-electron chi connectivity index (χ0n) is 16.6. The van der Waals surface area contributed by atoms with Gasteiger partial charge in [-0.15, -0.1) is 0 Å². The summed E-state index contributed by atoms with van der Waals surface area (Å²) in [5.41, 5.74) is 4.34. The maximum atomic E-state index is 14.2. The number of nitrogens with zero attached hydrogens (tertiary/aromatic N) is 1. The van der Waals surface area contributed by atoms with Crippen LogP contribution in [0, 0.1) is 5.82 Å². The minimum Gasteiger partial charge on any atom is -0.488 e. The first-order valence-electron chi connectivity index (χ1n) is 9.89. The molecule has 0 amide bonds. The molecule has 4 heteroatoms. The van der Waals surface area contributed by atoms with Crippen LogP contribution in [0.5, 0.6) is 5.75 Å². The highest BCUT2D eigenvalue weighted by atomic mass is 19.1. The second-order valence-corrected chi connectivity index (χ2v) is 7.25. The third-order valence-electron chi connectivity index (χ3n) is 5.08. The van der Waals surface area contributed by atoms with Crippen LogP contribution >= 0.6 is 0 Å². The lowest BCUT2D eigenvalue weighted by atomic mass is 10.1. The Kier molecular flexibility index (Phi) is 5.92. The van der Waals surface area contributed by atoms with E-state index in [1.165, 1.54) is 11.6 Å². The van der Waals surface area contributed by atoms with Crippen molar-refractivity contribution in [3.05, 3.63) is 102 Å². The fourth-order valence-corrected chi connectivity index (χ4v) is 3.63. The number of aryl methyl sites for hydroxylation is 1. The summed E-state index contributed by atoms with van der Waals surface area (Å²) in [5, 5.41) is 4.48. The normalized spacial score (nSPS) is 11.1. The summed E-state index contributed by atoms with van der Waals surface area (Å²) in [5.74, 6) is 0.318. The van der Waals surface area contributed by atoms with Gasteiger partial charge in [-0.25, -0.2) is 4.39 Å². The van der Waals surface area contributed by atoms with Gasteiger partial charge in [0.1, 0.15) is 18.2 Å². The van der Waals surface area contributed by atoms with Gasteiger partial charge in [-0.1, -0.05) is 60.7 Å². The highest BCUT2D eigenvalue weighted by molar-refractivity contribution is 5.90. The maximum absolute atomic E-state index is 14.2. The number of ether oxygens (including phenoxy) is 1. The molecular formula is C25H25FN2O. The van der Waals surface area contributed by atoms with Gasteiger partial charge in [0.15, 0.2) is 0 Å². The van der Waals surface area contributed by atoms with Gasteiger partial charge in [0, 0.05) is 31.2 Å². The molecule has 0 radical (unpaired) electrons. The molecule has 0 saturated carbocycles. The Balaban J connectivity index is 1.51. The molecule has 0 aliphatic carbocycles. The Morgan fingerprint density at radius 1 is 0.931 bits per heavy atom. The molecule has 0 saturated heterocycles. The molecule has 4 aromatic rings. The number of halogens is 1. The number of benzene rings is 3. The van der Waals surface area contributed by atoms with E-state index >= 15 is 0 Å². The van der Waals surface area contributed by atoms with Gasteiger partial charge in [-0.05, 0) is 35.7 Å². The maximum Gasteiger partial charge on any atom is 0.132 e. The van der Waals surface area contributed by atoms with Crippen molar-refractivity contribution in [3.8, 4) is 5.75 Å². The average molecular weight is 388 g/mol. The van der Waals surface area contributed by atoms with Gasteiger partial charge >= 0.3 is 0 Å². The van der Waals surface area contributed by atoms with Crippen LogP contribution < -0.4 is 10.1 Å². The highest BCUT2D eigenvalue weighted by Crippen LogP contribution is 2.32. The molecule has 4 rings (SSSR count). The van der Waals surface area contributed by atoms with E-state index in [1.54, 1.807) is 6.07 Å². The van der Waals surface area contributed by atoms with Gasteiger partial charge < -0.3 is 14.6 Å². The first kappa shape index (κ1) is 19.2. The Labute approximate surface area is 170 Å². The Hall–Kier alpha value is -3.11. The summed E-state index contributed by atoms with van der Waals surface area (Å²) < 4.78 is 22.2. The van der Waals surface area contributed by atoms with Crippen LogP contribution in [0.1, 0.15) is 16.7 Å². The Morgan fingerprint density at radius 3 is 2.34 bits per heavy atom. The molecule has 0 spiro atoms. The number of rotatable bonds is 8. The SMILES string of the molecule is Cn1cc(CCNCc2ccccc2)c2c(OCc3ccccc3)cc(F)cc21. The van der Waals surface area contributed by atoms with Gasteiger partial charge in [-0.3, -0.25) is 0 Å². The van der Waals surface area contributed by atoms with Crippen LogP contribution in [-0.2, 0) is 26.6 Å². The molecule has 0 atom stereocenters. The fourth-order valence-electron chi connectivity index (χ4n) is 3.63. The predicted molar refractivity (Wildman–Crippen MR) is 116 cm³/mol. The van der Waals surface area contributed by atoms with E-state index in [0.29, 0.717) is 12.4 Å². The quantitative estimate of drug-likeness (QED) is 0.418. The number of nitrogens with one attached hydrogen (secondary N) is 1. The number of hydrogen-bond acceptors (Lipinski definition) is 2. The molecule has 0 fully saturated rings. The van der Waals surface area contributed by atoms with Crippen molar-refractivity contribution < 1.29 is 9.13 Å². The minimum atomic E-state index is -0.282. The highest BCUT2D eigenvalue weighted by Gasteiger charge is 2.14. The standard InChI is InChI=1S/C25H25FN2O/c1-28-17-21(12-13-27-16-19-8-4-2-5-9-19)25-23(28)14-22(26)15-24(25)29-18-20-10-6-3-7-11-20/h2-11,14-15,17,27H,12-13,16,18H2,1H3. The van der Waals surface area contributed by atoms with Gasteiger partial charge in [0.2, 0.25) is 0 Å². The van der Waals surface area contributed by atoms with E-state index in [4.69, 9.17) is 4.74 Å². The molecular weight excluding hydrogens is 363 g/mol. The van der Waals surface area contributed by atoms with Gasteiger partial charge in [0.25, 0.3) is 0 Å². The summed E-state index contributed by atoms with van der Waals surface area (Å²) in [6, 6.07) is 23.4. The van der Waals surface area contributed by atoms with E-state index in [0.717, 1.165) is 41.5 Å². The lowest BCUT2D eigenvalue weighted by Crippen LogP contribution is -2.16. The molecule has 0 unspecified atom stereocenters. The summed E-state index contributed by atoms with van der Waals surface area (Å²) >= 11 is 0. The van der Waals surface area contributed by atoms with E-state index in [9.17, 15) is 4.39 Å². The molecule has 1 heterocycles. The predicted octanol–water partition coefficient (Wildman–Crippen LogP) is 5.23. The molecule has 0 aliphatic heterocycles. The fraction of sp³-hybridized carbons (Fsp3) is 0.200. The average Bonchev–Trinajstić information content (AvgIpc) is 3.06. The monoisotopic (exact) mass is 388 g/mol. The molecule has 3 aromatic carbocycles. The minimum absolute atomic E-state index is 0.282.